The van der Waals surface area contributed by atoms with Crippen LogP contribution in [0.25, 0.3) is 0 Å². The molecule has 0 bridgehead atoms. The van der Waals surface area contributed by atoms with E-state index < -0.39 is 21.3 Å². The molecule has 2 heterocycles. The standard InChI is InChI=1S/C19H23FN4O4S/c1-12-21-18(28-23-12)19-9-15(8-14(19)10-24(11-19)29(2,26)27)22-17(25)7-13-5-3-4-6-16(13)20/h3-6,14-15H,7-11H2,1-2H3,(H,22,25)/t14?,15-,19+/m1/s1. The summed E-state index contributed by atoms with van der Waals surface area (Å²) in [5.41, 5.74) is -0.283. The fourth-order valence-corrected chi connectivity index (χ4v) is 5.53. The van der Waals surface area contributed by atoms with E-state index in [9.17, 15) is 17.6 Å². The monoisotopic (exact) mass is 422 g/mol. The molecule has 2 aliphatic rings. The van der Waals surface area contributed by atoms with Gasteiger partial charge in [0, 0.05) is 19.1 Å². The van der Waals surface area contributed by atoms with Gasteiger partial charge in [-0.25, -0.2) is 17.1 Å². The lowest BCUT2D eigenvalue weighted by atomic mass is 9.80. The minimum Gasteiger partial charge on any atom is -0.353 e. The van der Waals surface area contributed by atoms with Crippen LogP contribution in [-0.4, -0.2) is 54.2 Å². The molecule has 1 aliphatic carbocycles. The Balaban J connectivity index is 1.52. The Morgan fingerprint density at radius 3 is 2.83 bits per heavy atom. The number of amides is 1. The molecule has 2 fully saturated rings. The van der Waals surface area contributed by atoms with Gasteiger partial charge in [0.25, 0.3) is 0 Å². The van der Waals surface area contributed by atoms with Crippen molar-refractivity contribution in [2.45, 2.75) is 37.6 Å². The number of carbonyl (C=O) groups excluding carboxylic acids is 1. The van der Waals surface area contributed by atoms with Crippen molar-refractivity contribution in [2.24, 2.45) is 5.92 Å². The molecule has 1 saturated heterocycles. The number of halogens is 1. The topological polar surface area (TPSA) is 105 Å². The molecule has 4 rings (SSSR count). The largest absolute Gasteiger partial charge is 0.353 e. The van der Waals surface area contributed by atoms with Crippen LogP contribution in [0.3, 0.4) is 0 Å². The highest BCUT2D eigenvalue weighted by molar-refractivity contribution is 7.88. The molecule has 3 atom stereocenters. The zero-order chi connectivity index (χ0) is 20.8. The lowest BCUT2D eigenvalue weighted by Gasteiger charge is -2.24. The van der Waals surface area contributed by atoms with E-state index in [1.807, 2.05) is 0 Å². The third kappa shape index (κ3) is 3.78. The van der Waals surface area contributed by atoms with Crippen molar-refractivity contribution in [3.63, 3.8) is 0 Å². The second kappa shape index (κ2) is 7.17. The van der Waals surface area contributed by atoms with E-state index in [1.54, 1.807) is 25.1 Å². The molecule has 1 amide bonds. The lowest BCUT2D eigenvalue weighted by Crippen LogP contribution is -2.39. The Morgan fingerprint density at radius 1 is 1.41 bits per heavy atom. The molecular formula is C19H23FN4O4S. The van der Waals surface area contributed by atoms with Gasteiger partial charge in [-0.1, -0.05) is 23.4 Å². The average molecular weight is 422 g/mol. The van der Waals surface area contributed by atoms with Gasteiger partial charge in [0.1, 0.15) is 5.82 Å². The molecule has 0 radical (unpaired) electrons. The Hall–Kier alpha value is -2.33. The summed E-state index contributed by atoms with van der Waals surface area (Å²) in [5.74, 6) is 0.176. The van der Waals surface area contributed by atoms with Gasteiger partial charge in [0.2, 0.25) is 21.8 Å². The summed E-state index contributed by atoms with van der Waals surface area (Å²) in [6.07, 6.45) is 2.23. The van der Waals surface area contributed by atoms with Crippen LogP contribution in [0.15, 0.2) is 28.8 Å². The number of aromatic nitrogens is 2. The molecule has 10 heteroatoms. The smallest absolute Gasteiger partial charge is 0.234 e. The summed E-state index contributed by atoms with van der Waals surface area (Å²) in [5, 5.41) is 6.85. The molecule has 2 aromatic rings. The van der Waals surface area contributed by atoms with Gasteiger partial charge in [0.05, 0.1) is 18.1 Å². The quantitative estimate of drug-likeness (QED) is 0.775. The van der Waals surface area contributed by atoms with Gasteiger partial charge >= 0.3 is 0 Å². The number of hydrogen-bond acceptors (Lipinski definition) is 6. The molecule has 1 aromatic carbocycles. The lowest BCUT2D eigenvalue weighted by molar-refractivity contribution is -0.121. The van der Waals surface area contributed by atoms with Gasteiger partial charge in [-0.15, -0.1) is 0 Å². The highest BCUT2D eigenvalue weighted by Crippen LogP contribution is 2.50. The second-order valence-electron chi connectivity index (χ2n) is 8.03. The molecular weight excluding hydrogens is 399 g/mol. The molecule has 1 saturated carbocycles. The molecule has 156 valence electrons. The van der Waals surface area contributed by atoms with E-state index in [0.717, 1.165) is 0 Å². The van der Waals surface area contributed by atoms with Gasteiger partial charge in [-0.2, -0.15) is 4.98 Å². The zero-order valence-electron chi connectivity index (χ0n) is 16.3. The minimum absolute atomic E-state index is 0.0455. The fraction of sp³-hybridized carbons (Fsp3) is 0.526. The summed E-state index contributed by atoms with van der Waals surface area (Å²) in [6.45, 7) is 2.31. The molecule has 8 nitrogen and oxygen atoms in total. The predicted octanol–water partition coefficient (Wildman–Crippen LogP) is 1.17. The first-order valence-corrected chi connectivity index (χ1v) is 11.3. The average Bonchev–Trinajstić information content (AvgIpc) is 3.29. The minimum atomic E-state index is -3.36. The number of carbonyl (C=O) groups is 1. The van der Waals surface area contributed by atoms with Gasteiger partial charge in [-0.3, -0.25) is 4.79 Å². The molecule has 1 aliphatic heterocycles. The number of benzene rings is 1. The van der Waals surface area contributed by atoms with Crippen molar-refractivity contribution in [3.05, 3.63) is 47.4 Å². The fourth-order valence-electron chi connectivity index (χ4n) is 4.61. The first kappa shape index (κ1) is 20.0. The van der Waals surface area contributed by atoms with E-state index in [2.05, 4.69) is 15.5 Å². The van der Waals surface area contributed by atoms with E-state index in [4.69, 9.17) is 4.52 Å². The number of hydrogen-bond donors (Lipinski definition) is 1. The van der Waals surface area contributed by atoms with Crippen LogP contribution in [0, 0.1) is 18.7 Å². The van der Waals surface area contributed by atoms with Crippen molar-refractivity contribution in [1.82, 2.24) is 19.8 Å². The maximum atomic E-state index is 13.8. The van der Waals surface area contributed by atoms with Gasteiger partial charge in [0.15, 0.2) is 5.82 Å². The summed E-state index contributed by atoms with van der Waals surface area (Å²) in [4.78, 5) is 16.8. The number of sulfonamides is 1. The summed E-state index contributed by atoms with van der Waals surface area (Å²) in [7, 11) is -3.36. The van der Waals surface area contributed by atoms with Gasteiger partial charge < -0.3 is 9.84 Å². The Morgan fingerprint density at radius 2 is 2.17 bits per heavy atom. The normalized spacial score (nSPS) is 27.1. The predicted molar refractivity (Wildman–Crippen MR) is 102 cm³/mol. The maximum Gasteiger partial charge on any atom is 0.234 e. The van der Waals surface area contributed by atoms with E-state index in [1.165, 1.54) is 16.6 Å². The van der Waals surface area contributed by atoms with E-state index >= 15 is 0 Å². The van der Waals surface area contributed by atoms with Crippen LogP contribution >= 0.6 is 0 Å². The number of nitrogens with one attached hydrogen (secondary N) is 1. The molecule has 1 unspecified atom stereocenters. The molecule has 29 heavy (non-hydrogen) atoms. The van der Waals surface area contributed by atoms with Crippen molar-refractivity contribution in [2.75, 3.05) is 19.3 Å². The van der Waals surface area contributed by atoms with Crippen LogP contribution in [-0.2, 0) is 26.7 Å². The highest BCUT2D eigenvalue weighted by atomic mass is 32.2. The molecule has 1 aromatic heterocycles. The Bertz CT molecular complexity index is 1040. The highest BCUT2D eigenvalue weighted by Gasteiger charge is 2.58. The van der Waals surface area contributed by atoms with Crippen molar-refractivity contribution < 1.29 is 22.1 Å². The van der Waals surface area contributed by atoms with Gasteiger partial charge in [-0.05, 0) is 37.3 Å². The number of rotatable bonds is 5. The van der Waals surface area contributed by atoms with Crippen molar-refractivity contribution >= 4 is 15.9 Å². The van der Waals surface area contributed by atoms with E-state index in [0.29, 0.717) is 36.7 Å². The Kier molecular flexibility index (Phi) is 4.94. The first-order chi connectivity index (χ1) is 13.7. The second-order valence-corrected chi connectivity index (χ2v) is 10.0. The third-order valence-electron chi connectivity index (χ3n) is 5.94. The van der Waals surface area contributed by atoms with Crippen LogP contribution in [0.1, 0.15) is 30.1 Å². The molecule has 1 N–H and O–H groups in total. The summed E-state index contributed by atoms with van der Waals surface area (Å²) in [6, 6.07) is 6.02. The van der Waals surface area contributed by atoms with Crippen molar-refractivity contribution in [1.29, 1.82) is 0 Å². The number of fused-ring (bicyclic) bond motifs is 1. The first-order valence-electron chi connectivity index (χ1n) is 9.46. The summed E-state index contributed by atoms with van der Waals surface area (Å²) < 4.78 is 44.9. The maximum absolute atomic E-state index is 13.8. The number of nitrogens with zero attached hydrogens (tertiary/aromatic N) is 3. The SMILES string of the molecule is Cc1noc([C@]23C[C@H](NC(=O)Cc4ccccc4F)CC2CN(S(C)(=O)=O)C3)n1. The Labute approximate surface area is 168 Å². The zero-order valence-corrected chi connectivity index (χ0v) is 17.1. The molecule has 0 spiro atoms. The number of aryl methyl sites for hydroxylation is 1. The third-order valence-corrected chi connectivity index (χ3v) is 7.16. The van der Waals surface area contributed by atoms with Crippen LogP contribution in [0.4, 0.5) is 4.39 Å². The summed E-state index contributed by atoms with van der Waals surface area (Å²) >= 11 is 0. The van der Waals surface area contributed by atoms with Crippen LogP contribution in [0.5, 0.6) is 0 Å². The van der Waals surface area contributed by atoms with Crippen LogP contribution < -0.4 is 5.32 Å². The van der Waals surface area contributed by atoms with Crippen molar-refractivity contribution in [3.8, 4) is 0 Å². The van der Waals surface area contributed by atoms with E-state index in [-0.39, 0.29) is 30.8 Å². The van der Waals surface area contributed by atoms with Crippen LogP contribution in [0.2, 0.25) is 0 Å².